The molecule has 1 aliphatic heterocycles. The van der Waals surface area contributed by atoms with Gasteiger partial charge < -0.3 is 9.64 Å². The number of rotatable bonds is 3. The first-order valence-corrected chi connectivity index (χ1v) is 9.07. The number of fused-ring (bicyclic) bond motifs is 1. The van der Waals surface area contributed by atoms with Gasteiger partial charge in [-0.05, 0) is 12.5 Å². The van der Waals surface area contributed by atoms with Crippen LogP contribution < -0.4 is 4.74 Å². The number of carbonyl (C=O) groups excluding carboxylic acids is 1. The first-order valence-electron chi connectivity index (χ1n) is 9.07. The maximum Gasteiger partial charge on any atom is 0.254 e. The Morgan fingerprint density at radius 3 is 2.67 bits per heavy atom. The van der Waals surface area contributed by atoms with E-state index in [9.17, 15) is 4.79 Å². The van der Waals surface area contributed by atoms with Crippen molar-refractivity contribution >= 4 is 5.91 Å². The van der Waals surface area contributed by atoms with Gasteiger partial charge in [0.2, 0.25) is 5.88 Å². The van der Waals surface area contributed by atoms with Crippen LogP contribution in [0.1, 0.15) is 21.6 Å². The molecule has 27 heavy (non-hydrogen) atoms. The normalized spacial score (nSPS) is 13.8. The number of aromatic nitrogens is 3. The van der Waals surface area contributed by atoms with Gasteiger partial charge in [-0.15, -0.1) is 0 Å². The summed E-state index contributed by atoms with van der Waals surface area (Å²) >= 11 is 0. The number of hydrogen-bond donors (Lipinski definition) is 0. The first kappa shape index (κ1) is 17.3. The zero-order valence-corrected chi connectivity index (χ0v) is 15.6. The van der Waals surface area contributed by atoms with E-state index in [1.807, 2.05) is 34.8 Å². The average Bonchev–Trinajstić information content (AvgIpc) is 2.89. The fourth-order valence-corrected chi connectivity index (χ4v) is 3.65. The molecule has 0 aliphatic carbocycles. The van der Waals surface area contributed by atoms with Crippen LogP contribution in [0.2, 0.25) is 0 Å². The predicted octanol–water partition coefficient (Wildman–Crippen LogP) is 2.73. The maximum absolute atomic E-state index is 13.0. The smallest absolute Gasteiger partial charge is 0.254 e. The molecule has 0 N–H and O–H groups in total. The van der Waals surface area contributed by atoms with Gasteiger partial charge in [-0.1, -0.05) is 30.3 Å². The minimum atomic E-state index is 0.0118. The fourth-order valence-electron chi connectivity index (χ4n) is 3.65. The van der Waals surface area contributed by atoms with Crippen molar-refractivity contribution in [3.05, 3.63) is 65.5 Å². The number of aryl methyl sites for hydroxylation is 1. The molecule has 3 heterocycles. The lowest BCUT2D eigenvalue weighted by Gasteiger charge is -2.20. The maximum atomic E-state index is 13.0. The van der Waals surface area contributed by atoms with Gasteiger partial charge in [0.1, 0.15) is 0 Å². The zero-order valence-electron chi connectivity index (χ0n) is 15.6. The van der Waals surface area contributed by atoms with E-state index in [-0.39, 0.29) is 5.91 Å². The lowest BCUT2D eigenvalue weighted by Crippen LogP contribution is -2.33. The highest BCUT2D eigenvalue weighted by molar-refractivity contribution is 5.94. The summed E-state index contributed by atoms with van der Waals surface area (Å²) in [5, 5.41) is 4.74. The quantitative estimate of drug-likeness (QED) is 0.719. The van der Waals surface area contributed by atoms with E-state index in [1.165, 1.54) is 11.3 Å². The van der Waals surface area contributed by atoms with Gasteiger partial charge in [-0.2, -0.15) is 5.10 Å². The molecule has 0 saturated carbocycles. The SMILES string of the molecule is COc1cc(C(=O)N2CCc3c(-c4ccccc4)nn(C)c3CC2)ccn1. The number of ether oxygens (including phenoxy) is 1. The summed E-state index contributed by atoms with van der Waals surface area (Å²) < 4.78 is 7.10. The predicted molar refractivity (Wildman–Crippen MR) is 103 cm³/mol. The summed E-state index contributed by atoms with van der Waals surface area (Å²) in [6.45, 7) is 1.34. The minimum Gasteiger partial charge on any atom is -0.481 e. The molecule has 0 fully saturated rings. The zero-order chi connectivity index (χ0) is 18.8. The van der Waals surface area contributed by atoms with Crippen LogP contribution in [-0.4, -0.2) is 45.8 Å². The molecule has 0 unspecified atom stereocenters. The summed E-state index contributed by atoms with van der Waals surface area (Å²) in [5.41, 5.74) is 5.19. The monoisotopic (exact) mass is 362 g/mol. The third kappa shape index (κ3) is 3.30. The lowest BCUT2D eigenvalue weighted by atomic mass is 10.0. The Balaban J connectivity index is 1.59. The Morgan fingerprint density at radius 1 is 1.11 bits per heavy atom. The van der Waals surface area contributed by atoms with Gasteiger partial charge >= 0.3 is 0 Å². The highest BCUT2D eigenvalue weighted by atomic mass is 16.5. The topological polar surface area (TPSA) is 60.2 Å². The molecule has 4 rings (SSSR count). The third-order valence-corrected chi connectivity index (χ3v) is 5.05. The summed E-state index contributed by atoms with van der Waals surface area (Å²) in [6, 6.07) is 13.7. The number of methoxy groups -OCH3 is 1. The molecule has 0 bridgehead atoms. The number of amides is 1. The van der Waals surface area contributed by atoms with Crippen LogP contribution in [0.3, 0.4) is 0 Å². The van der Waals surface area contributed by atoms with Gasteiger partial charge in [0, 0.05) is 61.2 Å². The molecule has 0 radical (unpaired) electrons. The van der Waals surface area contributed by atoms with E-state index in [4.69, 9.17) is 9.84 Å². The van der Waals surface area contributed by atoms with E-state index in [0.717, 1.165) is 24.1 Å². The number of carbonyl (C=O) groups is 1. The summed E-state index contributed by atoms with van der Waals surface area (Å²) in [5.74, 6) is 0.465. The van der Waals surface area contributed by atoms with Crippen molar-refractivity contribution in [2.24, 2.45) is 7.05 Å². The molecule has 1 aliphatic rings. The molecule has 2 aromatic heterocycles. The van der Waals surface area contributed by atoms with E-state index in [2.05, 4.69) is 17.1 Å². The molecule has 0 spiro atoms. The van der Waals surface area contributed by atoms with Crippen LogP contribution in [0.4, 0.5) is 0 Å². The molecular weight excluding hydrogens is 340 g/mol. The van der Waals surface area contributed by atoms with Crippen molar-refractivity contribution < 1.29 is 9.53 Å². The minimum absolute atomic E-state index is 0.0118. The first-order chi connectivity index (χ1) is 13.2. The van der Waals surface area contributed by atoms with E-state index in [0.29, 0.717) is 24.5 Å². The Labute approximate surface area is 158 Å². The second kappa shape index (κ2) is 7.23. The van der Waals surface area contributed by atoms with Gasteiger partial charge in [0.15, 0.2) is 0 Å². The number of hydrogen-bond acceptors (Lipinski definition) is 4. The summed E-state index contributed by atoms with van der Waals surface area (Å²) in [6.07, 6.45) is 3.19. The molecule has 3 aromatic rings. The van der Waals surface area contributed by atoms with Crippen molar-refractivity contribution in [1.29, 1.82) is 0 Å². The standard InChI is InChI=1S/C21H22N4O2/c1-24-18-10-13-25(21(26)16-8-11-22-19(14-16)27-2)12-9-17(18)20(23-24)15-6-4-3-5-7-15/h3-8,11,14H,9-10,12-13H2,1-2H3. The number of nitrogens with zero attached hydrogens (tertiary/aromatic N) is 4. The van der Waals surface area contributed by atoms with Crippen LogP contribution in [0.5, 0.6) is 5.88 Å². The van der Waals surface area contributed by atoms with Crippen LogP contribution >= 0.6 is 0 Å². The Kier molecular flexibility index (Phi) is 4.62. The highest BCUT2D eigenvalue weighted by Crippen LogP contribution is 2.28. The van der Waals surface area contributed by atoms with Gasteiger partial charge in [0.25, 0.3) is 5.91 Å². The second-order valence-corrected chi connectivity index (χ2v) is 6.64. The molecule has 6 heteroatoms. The van der Waals surface area contributed by atoms with Gasteiger partial charge in [-0.25, -0.2) is 4.98 Å². The third-order valence-electron chi connectivity index (χ3n) is 5.05. The van der Waals surface area contributed by atoms with Crippen molar-refractivity contribution in [3.8, 4) is 17.1 Å². The van der Waals surface area contributed by atoms with Crippen LogP contribution in [-0.2, 0) is 19.9 Å². The fraction of sp³-hybridized carbons (Fsp3) is 0.286. The Bertz CT molecular complexity index is 966. The van der Waals surface area contributed by atoms with Crippen LogP contribution in [0.25, 0.3) is 11.3 Å². The average molecular weight is 362 g/mol. The Hall–Kier alpha value is -3.15. The lowest BCUT2D eigenvalue weighted by molar-refractivity contribution is 0.0762. The summed E-state index contributed by atoms with van der Waals surface area (Å²) in [7, 11) is 3.54. The summed E-state index contributed by atoms with van der Waals surface area (Å²) in [4.78, 5) is 18.9. The Morgan fingerprint density at radius 2 is 1.89 bits per heavy atom. The molecule has 138 valence electrons. The largest absolute Gasteiger partial charge is 0.481 e. The molecule has 0 saturated heterocycles. The van der Waals surface area contributed by atoms with E-state index in [1.54, 1.807) is 25.4 Å². The second-order valence-electron chi connectivity index (χ2n) is 6.64. The van der Waals surface area contributed by atoms with E-state index < -0.39 is 0 Å². The number of pyridine rings is 1. The molecular formula is C21H22N4O2. The molecule has 6 nitrogen and oxygen atoms in total. The molecule has 1 aromatic carbocycles. The van der Waals surface area contributed by atoms with Gasteiger partial charge in [0.05, 0.1) is 12.8 Å². The number of benzene rings is 1. The van der Waals surface area contributed by atoms with Crippen molar-refractivity contribution in [3.63, 3.8) is 0 Å². The highest BCUT2D eigenvalue weighted by Gasteiger charge is 2.25. The van der Waals surface area contributed by atoms with Crippen LogP contribution in [0, 0.1) is 0 Å². The van der Waals surface area contributed by atoms with Crippen LogP contribution in [0.15, 0.2) is 48.7 Å². The van der Waals surface area contributed by atoms with E-state index >= 15 is 0 Å². The van der Waals surface area contributed by atoms with Gasteiger partial charge in [-0.3, -0.25) is 9.48 Å². The van der Waals surface area contributed by atoms with Crippen molar-refractivity contribution in [2.45, 2.75) is 12.8 Å². The van der Waals surface area contributed by atoms with Crippen molar-refractivity contribution in [1.82, 2.24) is 19.7 Å². The molecule has 0 atom stereocenters. The molecule has 1 amide bonds. The van der Waals surface area contributed by atoms with Crippen molar-refractivity contribution in [2.75, 3.05) is 20.2 Å².